The molecule has 0 amide bonds. The second-order valence-corrected chi connectivity index (χ2v) is 5.73. The van der Waals surface area contributed by atoms with Gasteiger partial charge in [-0.3, -0.25) is 14.0 Å². The highest BCUT2D eigenvalue weighted by Crippen LogP contribution is 2.67. The van der Waals surface area contributed by atoms with Gasteiger partial charge in [0.2, 0.25) is 0 Å². The Hall–Kier alpha value is -1.39. The molecule has 0 aromatic heterocycles. The lowest BCUT2D eigenvalue weighted by Gasteiger charge is -2.35. The minimum Gasteiger partial charge on any atom is -0.511 e. The van der Waals surface area contributed by atoms with E-state index in [1.807, 2.05) is 0 Å². The van der Waals surface area contributed by atoms with E-state index in [-0.39, 0.29) is 17.3 Å². The molecular weight excluding hydrogens is 239 g/mol. The number of aliphatic carboxylic acids is 1. The monoisotopic (exact) mass is 256 g/mol. The van der Waals surface area contributed by atoms with Gasteiger partial charge in [0.1, 0.15) is 12.2 Å². The fraction of sp³-hybridized carbons (Fsp3) is 0.692. The molecule has 2 bridgehead atoms. The van der Waals surface area contributed by atoms with Crippen molar-refractivity contribution >= 4 is 11.8 Å². The number of aliphatic hydroxyl groups is 1. The Labute approximate surface area is 104 Å². The summed E-state index contributed by atoms with van der Waals surface area (Å²) >= 11 is 0. The number of fused-ring (bicyclic) bond motifs is 2. The van der Waals surface area contributed by atoms with Gasteiger partial charge in [0, 0.05) is 16.4 Å². The van der Waals surface area contributed by atoms with Crippen LogP contribution in [0.3, 0.4) is 0 Å². The van der Waals surface area contributed by atoms with Crippen molar-refractivity contribution in [2.75, 3.05) is 6.67 Å². The molecule has 0 spiro atoms. The first-order valence-electron chi connectivity index (χ1n) is 6.02. The van der Waals surface area contributed by atoms with Gasteiger partial charge in [0.15, 0.2) is 5.78 Å². The predicted octanol–water partition coefficient (Wildman–Crippen LogP) is 2.25. The number of carbonyl (C=O) groups excluding carboxylic acids is 1. The van der Waals surface area contributed by atoms with E-state index < -0.39 is 35.7 Å². The van der Waals surface area contributed by atoms with Crippen molar-refractivity contribution in [2.45, 2.75) is 33.1 Å². The Bertz CT molecular complexity index is 456. The van der Waals surface area contributed by atoms with Gasteiger partial charge < -0.3 is 10.2 Å². The summed E-state index contributed by atoms with van der Waals surface area (Å²) in [5, 5.41) is 18.8. The predicted molar refractivity (Wildman–Crippen MR) is 61.8 cm³/mol. The summed E-state index contributed by atoms with van der Waals surface area (Å²) in [6.45, 7) is 2.85. The Morgan fingerprint density at radius 1 is 1.44 bits per heavy atom. The lowest BCUT2D eigenvalue weighted by Crippen LogP contribution is -2.35. The van der Waals surface area contributed by atoms with Crippen molar-refractivity contribution in [3.63, 3.8) is 0 Å². The molecule has 5 heteroatoms. The Morgan fingerprint density at radius 2 is 2.06 bits per heavy atom. The number of rotatable bonds is 4. The fourth-order valence-corrected chi connectivity index (χ4v) is 3.54. The number of carbonyl (C=O) groups is 2. The molecule has 0 radical (unpaired) electrons. The third-order valence-corrected chi connectivity index (χ3v) is 4.98. The lowest BCUT2D eigenvalue weighted by atomic mass is 9.69. The number of allylic oxidation sites excluding steroid dienone is 2. The highest BCUT2D eigenvalue weighted by Gasteiger charge is 2.64. The number of ketones is 1. The van der Waals surface area contributed by atoms with Crippen molar-refractivity contribution < 1.29 is 24.2 Å². The van der Waals surface area contributed by atoms with Crippen LogP contribution < -0.4 is 0 Å². The van der Waals surface area contributed by atoms with Crippen LogP contribution in [0.4, 0.5) is 4.39 Å². The zero-order chi connectivity index (χ0) is 13.7. The van der Waals surface area contributed by atoms with Crippen LogP contribution in [-0.4, -0.2) is 28.6 Å². The van der Waals surface area contributed by atoms with Crippen LogP contribution in [0.15, 0.2) is 11.3 Å². The third-order valence-electron chi connectivity index (χ3n) is 4.98. The molecule has 2 N–H and O–H groups in total. The topological polar surface area (TPSA) is 74.6 Å². The molecule has 3 atom stereocenters. The van der Waals surface area contributed by atoms with Gasteiger partial charge in [-0.05, 0) is 18.8 Å². The smallest absolute Gasteiger partial charge is 0.311 e. The van der Waals surface area contributed by atoms with Crippen LogP contribution in [0.5, 0.6) is 0 Å². The van der Waals surface area contributed by atoms with Gasteiger partial charge in [-0.15, -0.1) is 0 Å². The third kappa shape index (κ3) is 1.36. The SMILES string of the molecule is CC12CCC(C(C(=O)CC(=O)O)=C1O)C2(C)CF. The van der Waals surface area contributed by atoms with Gasteiger partial charge in [-0.25, -0.2) is 0 Å². The number of carboxylic acid groups (broad SMARTS) is 1. The average molecular weight is 256 g/mol. The molecule has 0 aromatic rings. The van der Waals surface area contributed by atoms with Crippen molar-refractivity contribution in [3.05, 3.63) is 11.3 Å². The number of hydrogen-bond acceptors (Lipinski definition) is 3. The molecule has 3 unspecified atom stereocenters. The Morgan fingerprint density at radius 3 is 2.50 bits per heavy atom. The number of Topliss-reactive ketones (excluding diaryl/α,β-unsaturated/α-hetero) is 1. The standard InChI is InChI=1S/C13H17FO4/c1-12-4-3-7(13(12,2)6-14)10(11(12)18)8(15)5-9(16)17/h7,18H,3-6H2,1-2H3,(H,16,17). The first kappa shape index (κ1) is 13.1. The summed E-state index contributed by atoms with van der Waals surface area (Å²) in [7, 11) is 0. The molecule has 0 saturated heterocycles. The number of halogens is 1. The van der Waals surface area contributed by atoms with Crippen molar-refractivity contribution in [3.8, 4) is 0 Å². The van der Waals surface area contributed by atoms with Crippen LogP contribution in [0.25, 0.3) is 0 Å². The zero-order valence-corrected chi connectivity index (χ0v) is 10.5. The van der Waals surface area contributed by atoms with Gasteiger partial charge >= 0.3 is 5.97 Å². The van der Waals surface area contributed by atoms with E-state index in [1.54, 1.807) is 13.8 Å². The van der Waals surface area contributed by atoms with E-state index in [4.69, 9.17) is 5.11 Å². The van der Waals surface area contributed by atoms with Gasteiger partial charge in [-0.1, -0.05) is 13.8 Å². The van der Waals surface area contributed by atoms with Gasteiger partial charge in [-0.2, -0.15) is 0 Å². The summed E-state index contributed by atoms with van der Waals surface area (Å²) in [4.78, 5) is 22.5. The van der Waals surface area contributed by atoms with Crippen LogP contribution in [0.2, 0.25) is 0 Å². The zero-order valence-electron chi connectivity index (χ0n) is 10.5. The van der Waals surface area contributed by atoms with E-state index >= 15 is 0 Å². The van der Waals surface area contributed by atoms with Crippen LogP contribution >= 0.6 is 0 Å². The van der Waals surface area contributed by atoms with Crippen molar-refractivity contribution in [2.24, 2.45) is 16.7 Å². The van der Waals surface area contributed by atoms with E-state index in [2.05, 4.69) is 0 Å². The lowest BCUT2D eigenvalue weighted by molar-refractivity contribution is -0.139. The first-order valence-corrected chi connectivity index (χ1v) is 6.02. The molecule has 0 aliphatic heterocycles. The fourth-order valence-electron chi connectivity index (χ4n) is 3.54. The maximum absolute atomic E-state index is 13.4. The Kier molecular flexibility index (Phi) is 2.76. The Balaban J connectivity index is 2.42. The molecule has 100 valence electrons. The van der Waals surface area contributed by atoms with Crippen LogP contribution in [0.1, 0.15) is 33.1 Å². The summed E-state index contributed by atoms with van der Waals surface area (Å²) in [5.41, 5.74) is -1.39. The average Bonchev–Trinajstić information content (AvgIpc) is 2.62. The highest BCUT2D eigenvalue weighted by molar-refractivity contribution is 6.06. The van der Waals surface area contributed by atoms with Crippen molar-refractivity contribution in [1.82, 2.24) is 0 Å². The quantitative estimate of drug-likeness (QED) is 0.756. The molecule has 4 nitrogen and oxygen atoms in total. The van der Waals surface area contributed by atoms with Gasteiger partial charge in [0.25, 0.3) is 0 Å². The maximum Gasteiger partial charge on any atom is 0.311 e. The molecule has 0 aromatic carbocycles. The molecule has 1 saturated carbocycles. The van der Waals surface area contributed by atoms with Crippen LogP contribution in [0, 0.1) is 16.7 Å². The largest absolute Gasteiger partial charge is 0.511 e. The summed E-state index contributed by atoms with van der Waals surface area (Å²) < 4.78 is 13.4. The summed E-state index contributed by atoms with van der Waals surface area (Å²) in [6.07, 6.45) is 0.615. The molecule has 2 rings (SSSR count). The summed E-state index contributed by atoms with van der Waals surface area (Å²) in [5.74, 6) is -2.27. The summed E-state index contributed by atoms with van der Waals surface area (Å²) in [6, 6.07) is 0. The number of aliphatic hydroxyl groups excluding tert-OH is 1. The second kappa shape index (κ2) is 3.80. The maximum atomic E-state index is 13.4. The van der Waals surface area contributed by atoms with E-state index in [9.17, 15) is 19.1 Å². The normalized spacial score (nSPS) is 38.3. The molecule has 2 aliphatic rings. The van der Waals surface area contributed by atoms with Crippen molar-refractivity contribution in [1.29, 1.82) is 0 Å². The number of carboxylic acids is 1. The molecule has 18 heavy (non-hydrogen) atoms. The van der Waals surface area contributed by atoms with Crippen LogP contribution in [-0.2, 0) is 9.59 Å². The second-order valence-electron chi connectivity index (χ2n) is 5.73. The van der Waals surface area contributed by atoms with Gasteiger partial charge in [0.05, 0.1) is 6.67 Å². The molecule has 2 aliphatic carbocycles. The molecule has 1 fully saturated rings. The van der Waals surface area contributed by atoms with E-state index in [1.165, 1.54) is 0 Å². The van der Waals surface area contributed by atoms with E-state index in [0.29, 0.717) is 12.8 Å². The minimum atomic E-state index is -1.23. The number of hydrogen-bond donors (Lipinski definition) is 2. The number of alkyl halides is 1. The minimum absolute atomic E-state index is 0.0925. The molecular formula is C13H17FO4. The van der Waals surface area contributed by atoms with E-state index in [0.717, 1.165) is 0 Å². The first-order chi connectivity index (χ1) is 8.28. The highest BCUT2D eigenvalue weighted by atomic mass is 19.1. The molecule has 0 heterocycles.